The summed E-state index contributed by atoms with van der Waals surface area (Å²) in [4.78, 5) is 26.3. The van der Waals surface area contributed by atoms with Gasteiger partial charge in [-0.15, -0.1) is 0 Å². The molecule has 0 spiro atoms. The van der Waals surface area contributed by atoms with Gasteiger partial charge in [0.05, 0.1) is 12.6 Å². The standard InChI is InChI=1S/C16H29N3O4/c1-5-22-14(20)13-7-6-12-9-17-8-11(10-19(12)13)18-15(21)23-16(2,3)4/h11-13,17H,5-10H2,1-4H3,(H,18,21). The number of fused-ring (bicyclic) bond motifs is 1. The van der Waals surface area contributed by atoms with Crippen LogP contribution in [0.4, 0.5) is 4.79 Å². The molecule has 23 heavy (non-hydrogen) atoms. The molecule has 0 bridgehead atoms. The van der Waals surface area contributed by atoms with Gasteiger partial charge in [0.25, 0.3) is 0 Å². The van der Waals surface area contributed by atoms with Crippen LogP contribution in [0.5, 0.6) is 0 Å². The number of hydrogen-bond acceptors (Lipinski definition) is 6. The number of hydrogen-bond donors (Lipinski definition) is 2. The fourth-order valence-electron chi connectivity index (χ4n) is 3.24. The second-order valence-corrected chi connectivity index (χ2v) is 7.20. The van der Waals surface area contributed by atoms with Crippen molar-refractivity contribution in [3.05, 3.63) is 0 Å². The minimum absolute atomic E-state index is 0.0927. The zero-order chi connectivity index (χ0) is 17.0. The summed E-state index contributed by atoms with van der Waals surface area (Å²) in [5.74, 6) is -0.159. The summed E-state index contributed by atoms with van der Waals surface area (Å²) in [6.07, 6.45) is 1.36. The first-order valence-electron chi connectivity index (χ1n) is 8.42. The van der Waals surface area contributed by atoms with Crippen LogP contribution in [0.3, 0.4) is 0 Å². The lowest BCUT2D eigenvalue weighted by Crippen LogP contribution is -2.50. The predicted octanol–water partition coefficient (Wildman–Crippen LogP) is 0.879. The Morgan fingerprint density at radius 1 is 1.26 bits per heavy atom. The maximum absolute atomic E-state index is 12.1. The summed E-state index contributed by atoms with van der Waals surface area (Å²) in [5, 5.41) is 6.27. The fraction of sp³-hybridized carbons (Fsp3) is 0.875. The number of rotatable bonds is 3. The van der Waals surface area contributed by atoms with Crippen molar-refractivity contribution < 1.29 is 19.1 Å². The highest BCUT2D eigenvalue weighted by Gasteiger charge is 2.41. The van der Waals surface area contributed by atoms with Crippen LogP contribution in [-0.4, -0.2) is 66.9 Å². The van der Waals surface area contributed by atoms with Crippen LogP contribution in [-0.2, 0) is 14.3 Å². The van der Waals surface area contributed by atoms with Gasteiger partial charge >= 0.3 is 12.1 Å². The zero-order valence-corrected chi connectivity index (χ0v) is 14.6. The van der Waals surface area contributed by atoms with Crippen molar-refractivity contribution >= 4 is 12.1 Å². The molecular weight excluding hydrogens is 298 g/mol. The number of amides is 1. The van der Waals surface area contributed by atoms with Gasteiger partial charge in [-0.05, 0) is 40.5 Å². The predicted molar refractivity (Wildman–Crippen MR) is 86.2 cm³/mol. The van der Waals surface area contributed by atoms with E-state index in [1.807, 2.05) is 27.7 Å². The average molecular weight is 327 g/mol. The lowest BCUT2D eigenvalue weighted by molar-refractivity contribution is -0.148. The van der Waals surface area contributed by atoms with Crippen LogP contribution < -0.4 is 10.6 Å². The molecule has 0 aromatic carbocycles. The van der Waals surface area contributed by atoms with Crippen LogP contribution in [0.15, 0.2) is 0 Å². The highest BCUT2D eigenvalue weighted by atomic mass is 16.6. The summed E-state index contributed by atoms with van der Waals surface area (Å²) in [6, 6.07) is 0.0162. The second-order valence-electron chi connectivity index (χ2n) is 7.20. The molecule has 0 radical (unpaired) electrons. The van der Waals surface area contributed by atoms with E-state index in [0.29, 0.717) is 25.7 Å². The molecular formula is C16H29N3O4. The molecule has 2 fully saturated rings. The normalized spacial score (nSPS) is 28.6. The monoisotopic (exact) mass is 327 g/mol. The summed E-state index contributed by atoms with van der Waals surface area (Å²) >= 11 is 0. The van der Waals surface area contributed by atoms with Gasteiger partial charge in [-0.1, -0.05) is 0 Å². The summed E-state index contributed by atoms with van der Waals surface area (Å²) in [5.41, 5.74) is -0.522. The highest BCUT2D eigenvalue weighted by Crippen LogP contribution is 2.26. The van der Waals surface area contributed by atoms with E-state index in [9.17, 15) is 9.59 Å². The molecule has 132 valence electrons. The molecule has 2 aliphatic heterocycles. The Balaban J connectivity index is 1.96. The summed E-state index contributed by atoms with van der Waals surface area (Å²) in [7, 11) is 0. The number of carbonyl (C=O) groups is 2. The van der Waals surface area contributed by atoms with Gasteiger partial charge in [0.1, 0.15) is 11.6 Å². The molecule has 0 aliphatic carbocycles. The van der Waals surface area contributed by atoms with Gasteiger partial charge in [-0.3, -0.25) is 9.69 Å². The molecule has 0 saturated carbocycles. The van der Waals surface area contributed by atoms with Crippen molar-refractivity contribution in [2.24, 2.45) is 0 Å². The third-order valence-electron chi connectivity index (χ3n) is 4.12. The Hall–Kier alpha value is -1.34. The molecule has 3 atom stereocenters. The minimum atomic E-state index is -0.522. The first kappa shape index (κ1) is 18.0. The molecule has 3 unspecified atom stereocenters. The van der Waals surface area contributed by atoms with Crippen molar-refractivity contribution in [1.82, 2.24) is 15.5 Å². The number of esters is 1. The van der Waals surface area contributed by atoms with E-state index in [-0.39, 0.29) is 18.1 Å². The molecule has 2 aliphatic rings. The summed E-state index contributed by atoms with van der Waals surface area (Å²) < 4.78 is 10.5. The largest absolute Gasteiger partial charge is 0.465 e. The Bertz CT molecular complexity index is 436. The number of nitrogens with zero attached hydrogens (tertiary/aromatic N) is 1. The maximum atomic E-state index is 12.1. The lowest BCUT2D eigenvalue weighted by atomic mass is 10.2. The number of carbonyl (C=O) groups excluding carboxylic acids is 2. The van der Waals surface area contributed by atoms with Gasteiger partial charge in [0.15, 0.2) is 0 Å². The van der Waals surface area contributed by atoms with E-state index >= 15 is 0 Å². The van der Waals surface area contributed by atoms with E-state index < -0.39 is 11.7 Å². The topological polar surface area (TPSA) is 79.9 Å². The molecule has 2 saturated heterocycles. The quantitative estimate of drug-likeness (QED) is 0.749. The first-order chi connectivity index (χ1) is 10.8. The van der Waals surface area contributed by atoms with E-state index in [1.54, 1.807) is 0 Å². The zero-order valence-electron chi connectivity index (χ0n) is 14.6. The van der Waals surface area contributed by atoms with Crippen LogP contribution in [0.1, 0.15) is 40.5 Å². The van der Waals surface area contributed by atoms with E-state index in [1.165, 1.54) is 0 Å². The van der Waals surface area contributed by atoms with Crippen molar-refractivity contribution in [1.29, 1.82) is 0 Å². The summed E-state index contributed by atoms with van der Waals surface area (Å²) in [6.45, 7) is 9.85. The fourth-order valence-corrected chi connectivity index (χ4v) is 3.24. The SMILES string of the molecule is CCOC(=O)C1CCC2CNCC(NC(=O)OC(C)(C)C)CN21. The molecule has 2 heterocycles. The van der Waals surface area contributed by atoms with Gasteiger partial charge in [-0.25, -0.2) is 4.79 Å². The van der Waals surface area contributed by atoms with Crippen LogP contribution in [0, 0.1) is 0 Å². The maximum Gasteiger partial charge on any atom is 0.407 e. The van der Waals surface area contributed by atoms with E-state index in [4.69, 9.17) is 9.47 Å². The minimum Gasteiger partial charge on any atom is -0.465 e. The third kappa shape index (κ3) is 5.07. The number of nitrogens with one attached hydrogen (secondary N) is 2. The lowest BCUT2D eigenvalue weighted by Gasteiger charge is -2.29. The molecule has 0 aromatic heterocycles. The average Bonchev–Trinajstić information content (AvgIpc) is 2.70. The van der Waals surface area contributed by atoms with Crippen molar-refractivity contribution in [2.75, 3.05) is 26.2 Å². The Kier molecular flexibility index (Phi) is 5.86. The van der Waals surface area contributed by atoms with Crippen LogP contribution >= 0.6 is 0 Å². The molecule has 7 heteroatoms. The van der Waals surface area contributed by atoms with E-state index in [2.05, 4.69) is 15.5 Å². The van der Waals surface area contributed by atoms with Crippen molar-refractivity contribution in [3.63, 3.8) is 0 Å². The van der Waals surface area contributed by atoms with Crippen LogP contribution in [0.2, 0.25) is 0 Å². The van der Waals surface area contributed by atoms with Gasteiger partial charge in [0.2, 0.25) is 0 Å². The number of ether oxygens (including phenoxy) is 2. The Labute approximate surface area is 138 Å². The van der Waals surface area contributed by atoms with Crippen molar-refractivity contribution in [2.45, 2.75) is 64.3 Å². The molecule has 1 amide bonds. The van der Waals surface area contributed by atoms with Crippen molar-refractivity contribution in [3.8, 4) is 0 Å². The van der Waals surface area contributed by atoms with Gasteiger partial charge in [0, 0.05) is 25.7 Å². The van der Waals surface area contributed by atoms with Crippen LogP contribution in [0.25, 0.3) is 0 Å². The van der Waals surface area contributed by atoms with Gasteiger partial charge in [-0.2, -0.15) is 0 Å². The molecule has 2 N–H and O–H groups in total. The third-order valence-corrected chi connectivity index (χ3v) is 4.12. The molecule has 7 nitrogen and oxygen atoms in total. The molecule has 2 rings (SSSR count). The Morgan fingerprint density at radius 3 is 2.65 bits per heavy atom. The first-order valence-corrected chi connectivity index (χ1v) is 8.42. The van der Waals surface area contributed by atoms with Gasteiger partial charge < -0.3 is 20.1 Å². The second kappa shape index (κ2) is 7.49. The molecule has 0 aromatic rings. The van der Waals surface area contributed by atoms with E-state index in [0.717, 1.165) is 19.4 Å². The highest BCUT2D eigenvalue weighted by molar-refractivity contribution is 5.76. The smallest absolute Gasteiger partial charge is 0.407 e. The number of alkyl carbamates (subject to hydrolysis) is 1. The Morgan fingerprint density at radius 2 is 2.00 bits per heavy atom.